The molecule has 176 valence electrons. The average Bonchev–Trinajstić information content (AvgIpc) is 3.08. The van der Waals surface area contributed by atoms with Crippen LogP contribution in [0.2, 0.25) is 0 Å². The largest absolute Gasteiger partial charge is 0.416 e. The number of anilines is 2. The first-order chi connectivity index (χ1) is 15.9. The maximum atomic E-state index is 12.9. The number of fused-ring (bicyclic) bond motifs is 1. The molecule has 0 saturated carbocycles. The molecular formula is C25H21F3N2O3S. The summed E-state index contributed by atoms with van der Waals surface area (Å²) in [7, 11) is -4.11. The third-order valence-electron chi connectivity index (χ3n) is 5.46. The van der Waals surface area contributed by atoms with Crippen molar-refractivity contribution in [1.29, 1.82) is 0 Å². The van der Waals surface area contributed by atoms with E-state index in [1.54, 1.807) is 6.08 Å². The summed E-state index contributed by atoms with van der Waals surface area (Å²) in [6.45, 7) is 4.16. The number of sulfonamides is 1. The second-order valence-electron chi connectivity index (χ2n) is 8.22. The first kappa shape index (κ1) is 23.6. The summed E-state index contributed by atoms with van der Waals surface area (Å²) in [5.41, 5.74) is 2.27. The van der Waals surface area contributed by atoms with Crippen LogP contribution >= 0.6 is 0 Å². The van der Waals surface area contributed by atoms with E-state index in [-0.39, 0.29) is 16.5 Å². The number of benzene rings is 3. The molecule has 0 fully saturated rings. The number of carbonyl (C=O) groups excluding carboxylic acids is 1. The van der Waals surface area contributed by atoms with E-state index >= 15 is 0 Å². The number of alkyl halides is 3. The maximum absolute atomic E-state index is 12.9. The smallest absolute Gasteiger partial charge is 0.321 e. The van der Waals surface area contributed by atoms with Gasteiger partial charge in [-0.3, -0.25) is 9.52 Å². The van der Waals surface area contributed by atoms with Crippen LogP contribution in [0.25, 0.3) is 11.6 Å². The van der Waals surface area contributed by atoms with Crippen LogP contribution in [0.5, 0.6) is 0 Å². The van der Waals surface area contributed by atoms with Gasteiger partial charge in [0, 0.05) is 22.5 Å². The minimum absolute atomic E-state index is 0.0105. The fourth-order valence-electron chi connectivity index (χ4n) is 3.56. The van der Waals surface area contributed by atoms with Crippen LogP contribution in [0.4, 0.5) is 24.5 Å². The molecule has 0 spiro atoms. The van der Waals surface area contributed by atoms with Gasteiger partial charge in [-0.25, -0.2) is 8.42 Å². The molecule has 1 aliphatic heterocycles. The van der Waals surface area contributed by atoms with Crippen LogP contribution in [-0.4, -0.2) is 14.3 Å². The first-order valence-corrected chi connectivity index (χ1v) is 11.9. The van der Waals surface area contributed by atoms with Crippen LogP contribution in [0.1, 0.15) is 42.0 Å². The Hall–Kier alpha value is -3.59. The standard InChI is InChI=1S/C25H21F3N2O3S/c1-15(2)17-5-3-16(4-6-17)13-22-21-14-20(11-12-23(21)29-24(22)31)34(32,33)30-19-9-7-18(8-10-19)25(26,27)28/h3-15,30H,1-2H3,(H,29,31). The summed E-state index contributed by atoms with van der Waals surface area (Å²) >= 11 is 0. The Labute approximate surface area is 195 Å². The molecule has 0 aromatic heterocycles. The van der Waals surface area contributed by atoms with Gasteiger partial charge in [0.15, 0.2) is 0 Å². The third-order valence-corrected chi connectivity index (χ3v) is 6.84. The number of amides is 1. The summed E-state index contributed by atoms with van der Waals surface area (Å²) in [6.07, 6.45) is -2.83. The summed E-state index contributed by atoms with van der Waals surface area (Å²) in [6, 6.07) is 15.6. The Morgan fingerprint density at radius 2 is 1.59 bits per heavy atom. The first-order valence-electron chi connectivity index (χ1n) is 10.4. The van der Waals surface area contributed by atoms with Gasteiger partial charge in [0.2, 0.25) is 0 Å². The highest BCUT2D eigenvalue weighted by molar-refractivity contribution is 7.92. The monoisotopic (exact) mass is 486 g/mol. The number of nitrogens with one attached hydrogen (secondary N) is 2. The van der Waals surface area contributed by atoms with Gasteiger partial charge in [-0.15, -0.1) is 0 Å². The topological polar surface area (TPSA) is 75.3 Å². The van der Waals surface area contributed by atoms with Gasteiger partial charge < -0.3 is 5.32 Å². The van der Waals surface area contributed by atoms with Crippen molar-refractivity contribution in [3.63, 3.8) is 0 Å². The summed E-state index contributed by atoms with van der Waals surface area (Å²) in [5.74, 6) is 0.00956. The van der Waals surface area contributed by atoms with Crippen LogP contribution < -0.4 is 10.0 Å². The zero-order valence-corrected chi connectivity index (χ0v) is 19.1. The Kier molecular flexibility index (Phi) is 5.99. The lowest BCUT2D eigenvalue weighted by molar-refractivity contribution is -0.137. The predicted molar refractivity (Wildman–Crippen MR) is 126 cm³/mol. The van der Waals surface area contributed by atoms with Gasteiger partial charge in [-0.2, -0.15) is 13.2 Å². The lowest BCUT2D eigenvalue weighted by Gasteiger charge is -2.11. The molecule has 1 heterocycles. The summed E-state index contributed by atoms with van der Waals surface area (Å²) in [5, 5.41) is 2.72. The molecule has 0 radical (unpaired) electrons. The zero-order chi connectivity index (χ0) is 24.7. The van der Waals surface area contributed by atoms with Crippen LogP contribution in [0.3, 0.4) is 0 Å². The SMILES string of the molecule is CC(C)c1ccc(C=C2C(=O)Nc3ccc(S(=O)(=O)Nc4ccc(C(F)(F)F)cc4)cc32)cc1. The van der Waals surface area contributed by atoms with Crippen LogP contribution in [-0.2, 0) is 21.0 Å². The van der Waals surface area contributed by atoms with Crippen molar-refractivity contribution in [2.24, 2.45) is 0 Å². The quantitative estimate of drug-likeness (QED) is 0.427. The molecule has 5 nitrogen and oxygen atoms in total. The molecule has 0 saturated heterocycles. The van der Waals surface area contributed by atoms with Crippen molar-refractivity contribution in [3.05, 3.63) is 89.0 Å². The van der Waals surface area contributed by atoms with Crippen LogP contribution in [0, 0.1) is 0 Å². The molecular weight excluding hydrogens is 465 g/mol. The molecule has 1 aliphatic rings. The number of hydrogen-bond acceptors (Lipinski definition) is 3. The molecule has 3 aromatic rings. The van der Waals surface area contributed by atoms with Gasteiger partial charge in [-0.05, 0) is 65.6 Å². The second kappa shape index (κ2) is 8.64. The van der Waals surface area contributed by atoms with Crippen molar-refractivity contribution in [1.82, 2.24) is 0 Å². The van der Waals surface area contributed by atoms with E-state index in [1.807, 2.05) is 24.3 Å². The summed E-state index contributed by atoms with van der Waals surface area (Å²) in [4.78, 5) is 12.4. The van der Waals surface area contributed by atoms with Crippen molar-refractivity contribution in [2.75, 3.05) is 10.0 Å². The van der Waals surface area contributed by atoms with E-state index in [4.69, 9.17) is 0 Å². The summed E-state index contributed by atoms with van der Waals surface area (Å²) < 4.78 is 66.3. The Balaban J connectivity index is 1.63. The van der Waals surface area contributed by atoms with E-state index in [1.165, 1.54) is 18.2 Å². The molecule has 1 amide bonds. The van der Waals surface area contributed by atoms with Crippen molar-refractivity contribution in [2.45, 2.75) is 30.8 Å². The van der Waals surface area contributed by atoms with Gasteiger partial charge in [0.05, 0.1) is 10.5 Å². The van der Waals surface area contributed by atoms with E-state index in [2.05, 4.69) is 23.9 Å². The third kappa shape index (κ3) is 4.84. The second-order valence-corrected chi connectivity index (χ2v) is 9.90. The lowest BCUT2D eigenvalue weighted by atomic mass is 9.99. The highest BCUT2D eigenvalue weighted by atomic mass is 32.2. The van der Waals surface area contributed by atoms with Crippen molar-refractivity contribution in [3.8, 4) is 0 Å². The molecule has 4 rings (SSSR count). The minimum Gasteiger partial charge on any atom is -0.321 e. The van der Waals surface area contributed by atoms with E-state index in [0.717, 1.165) is 35.4 Å². The average molecular weight is 487 g/mol. The predicted octanol–water partition coefficient (Wildman–Crippen LogP) is 6.12. The van der Waals surface area contributed by atoms with Gasteiger partial charge >= 0.3 is 6.18 Å². The molecule has 0 atom stereocenters. The lowest BCUT2D eigenvalue weighted by Crippen LogP contribution is -2.13. The molecule has 34 heavy (non-hydrogen) atoms. The molecule has 9 heteroatoms. The molecule has 0 unspecified atom stereocenters. The van der Waals surface area contributed by atoms with Gasteiger partial charge in [-0.1, -0.05) is 38.1 Å². The van der Waals surface area contributed by atoms with Crippen molar-refractivity contribution < 1.29 is 26.4 Å². The fourth-order valence-corrected chi connectivity index (χ4v) is 4.65. The zero-order valence-electron chi connectivity index (χ0n) is 18.3. The molecule has 0 bridgehead atoms. The Bertz CT molecular complexity index is 1380. The molecule has 2 N–H and O–H groups in total. The number of halogens is 3. The minimum atomic E-state index is -4.52. The molecule has 3 aromatic carbocycles. The normalized spacial score (nSPS) is 14.9. The van der Waals surface area contributed by atoms with E-state index in [9.17, 15) is 26.4 Å². The van der Waals surface area contributed by atoms with Gasteiger partial charge in [0.1, 0.15) is 0 Å². The number of hydrogen-bond donors (Lipinski definition) is 2. The van der Waals surface area contributed by atoms with E-state index < -0.39 is 21.8 Å². The fraction of sp³-hybridized carbons (Fsp3) is 0.160. The van der Waals surface area contributed by atoms with E-state index in [0.29, 0.717) is 22.7 Å². The number of rotatable bonds is 5. The highest BCUT2D eigenvalue weighted by Crippen LogP contribution is 2.36. The van der Waals surface area contributed by atoms with Crippen LogP contribution in [0.15, 0.2) is 71.6 Å². The number of carbonyl (C=O) groups is 1. The molecule has 0 aliphatic carbocycles. The Morgan fingerprint density at radius 3 is 2.18 bits per heavy atom. The highest BCUT2D eigenvalue weighted by Gasteiger charge is 2.30. The van der Waals surface area contributed by atoms with Crippen molar-refractivity contribution >= 4 is 39.0 Å². The maximum Gasteiger partial charge on any atom is 0.416 e. The van der Waals surface area contributed by atoms with Gasteiger partial charge in [0.25, 0.3) is 15.9 Å². The Morgan fingerprint density at radius 1 is 0.941 bits per heavy atom.